The second-order valence-electron chi connectivity index (χ2n) is 9.59. The van der Waals surface area contributed by atoms with Crippen LogP contribution < -0.4 is 4.74 Å². The van der Waals surface area contributed by atoms with Gasteiger partial charge in [-0.25, -0.2) is 4.79 Å². The van der Waals surface area contributed by atoms with Crippen LogP contribution in [0.25, 0.3) is 22.5 Å². The topological polar surface area (TPSA) is 75.2 Å². The second-order valence-corrected chi connectivity index (χ2v) is 9.59. The number of rotatable bonds is 7. The molecule has 0 saturated heterocycles. The summed E-state index contributed by atoms with van der Waals surface area (Å²) >= 11 is 0. The van der Waals surface area contributed by atoms with E-state index in [4.69, 9.17) is 9.84 Å². The fraction of sp³-hybridized carbons (Fsp3) is 0.407. The zero-order valence-corrected chi connectivity index (χ0v) is 19.1. The largest absolute Gasteiger partial charge is 0.493 e. The first-order chi connectivity index (χ1) is 15.4. The number of hydrogen-bond donors (Lipinski definition) is 2. The van der Waals surface area contributed by atoms with Crippen LogP contribution in [0.4, 0.5) is 0 Å². The van der Waals surface area contributed by atoms with Gasteiger partial charge >= 0.3 is 5.97 Å². The van der Waals surface area contributed by atoms with Crippen LogP contribution in [0, 0.1) is 5.92 Å². The molecule has 0 radical (unpaired) electrons. The van der Waals surface area contributed by atoms with Gasteiger partial charge in [-0.3, -0.25) is 5.10 Å². The summed E-state index contributed by atoms with van der Waals surface area (Å²) in [4.78, 5) is 11.1. The predicted octanol–water partition coefficient (Wildman–Crippen LogP) is 6.70. The molecule has 3 aromatic rings. The Morgan fingerprint density at radius 2 is 1.75 bits per heavy atom. The Bertz CT molecular complexity index is 1080. The van der Waals surface area contributed by atoms with Crippen molar-refractivity contribution >= 4 is 5.97 Å². The summed E-state index contributed by atoms with van der Waals surface area (Å²) in [6.45, 7) is 7.42. The number of aromatic nitrogens is 2. The van der Waals surface area contributed by atoms with Gasteiger partial charge in [0.25, 0.3) is 0 Å². The van der Waals surface area contributed by atoms with Crippen molar-refractivity contribution in [1.82, 2.24) is 10.2 Å². The molecule has 1 aliphatic rings. The third-order valence-corrected chi connectivity index (χ3v) is 6.48. The molecule has 1 heterocycles. The minimum absolute atomic E-state index is 0.117. The van der Waals surface area contributed by atoms with Crippen molar-refractivity contribution in [3.63, 3.8) is 0 Å². The van der Waals surface area contributed by atoms with Crippen molar-refractivity contribution in [3.05, 3.63) is 59.7 Å². The lowest BCUT2D eigenvalue weighted by Gasteiger charge is -2.35. The van der Waals surface area contributed by atoms with Gasteiger partial charge in [0.2, 0.25) is 0 Å². The molecule has 0 aliphatic heterocycles. The van der Waals surface area contributed by atoms with Gasteiger partial charge < -0.3 is 9.84 Å². The monoisotopic (exact) mass is 432 g/mol. The van der Waals surface area contributed by atoms with Gasteiger partial charge in [-0.2, -0.15) is 5.10 Å². The zero-order valence-electron chi connectivity index (χ0n) is 19.1. The van der Waals surface area contributed by atoms with Crippen LogP contribution in [-0.4, -0.2) is 27.9 Å². The number of benzene rings is 2. The molecular weight excluding hydrogens is 400 g/mol. The van der Waals surface area contributed by atoms with E-state index in [0.29, 0.717) is 12.5 Å². The maximum atomic E-state index is 11.1. The molecule has 5 nitrogen and oxygen atoms in total. The number of hydrogen-bond acceptors (Lipinski definition) is 3. The van der Waals surface area contributed by atoms with Crippen molar-refractivity contribution < 1.29 is 14.6 Å². The second kappa shape index (κ2) is 9.19. The van der Waals surface area contributed by atoms with Gasteiger partial charge in [-0.05, 0) is 66.1 Å². The third kappa shape index (κ3) is 4.72. The molecular formula is C27H32N2O3. The standard InChI is InChI=1S/C27H32N2O3/c1-18(2)17-32-25-12-11-21(15-22(25)27(3)13-5-4-6-14-27)24-16-23(28-29-24)19-7-9-20(10-8-19)26(30)31/h7-12,15-16,18H,4-6,13-14,17H2,1-3H3,(H,28,29)(H,30,31). The molecule has 0 unspecified atom stereocenters. The van der Waals surface area contributed by atoms with Crippen LogP contribution in [0.15, 0.2) is 48.5 Å². The van der Waals surface area contributed by atoms with Crippen LogP contribution in [0.2, 0.25) is 0 Å². The van der Waals surface area contributed by atoms with Crippen LogP contribution in [0.1, 0.15) is 68.8 Å². The van der Waals surface area contributed by atoms with E-state index < -0.39 is 5.97 Å². The number of ether oxygens (including phenoxy) is 1. The number of nitrogens with zero attached hydrogens (tertiary/aromatic N) is 1. The Labute approximate surface area is 189 Å². The Morgan fingerprint density at radius 1 is 1.06 bits per heavy atom. The average Bonchev–Trinajstić information content (AvgIpc) is 3.28. The summed E-state index contributed by atoms with van der Waals surface area (Å²) in [6.07, 6.45) is 6.17. The Morgan fingerprint density at radius 3 is 2.41 bits per heavy atom. The number of carboxylic acids is 1. The first-order valence-corrected chi connectivity index (χ1v) is 11.5. The normalized spacial score (nSPS) is 15.6. The molecule has 1 aliphatic carbocycles. The molecule has 168 valence electrons. The van der Waals surface area contributed by atoms with Gasteiger partial charge in [0.1, 0.15) is 5.75 Å². The number of nitrogens with one attached hydrogen (secondary N) is 1. The lowest BCUT2D eigenvalue weighted by molar-refractivity contribution is 0.0697. The fourth-order valence-corrected chi connectivity index (χ4v) is 4.55. The van der Waals surface area contributed by atoms with Crippen molar-refractivity contribution in [2.75, 3.05) is 6.61 Å². The van der Waals surface area contributed by atoms with E-state index in [1.165, 1.54) is 37.7 Å². The smallest absolute Gasteiger partial charge is 0.335 e. The maximum Gasteiger partial charge on any atom is 0.335 e. The van der Waals surface area contributed by atoms with Crippen LogP contribution in [0.3, 0.4) is 0 Å². The molecule has 1 saturated carbocycles. The van der Waals surface area contributed by atoms with E-state index >= 15 is 0 Å². The minimum atomic E-state index is -0.926. The van der Waals surface area contributed by atoms with Gasteiger partial charge in [-0.15, -0.1) is 0 Å². The average molecular weight is 433 g/mol. The molecule has 5 heteroatoms. The summed E-state index contributed by atoms with van der Waals surface area (Å²) in [5.74, 6) is 0.542. The SMILES string of the molecule is CC(C)COc1ccc(-c2cc(-c3ccc(C(=O)O)cc3)[nH]n2)cc1C1(C)CCCCC1. The van der Waals surface area contributed by atoms with E-state index in [-0.39, 0.29) is 11.0 Å². The Hall–Kier alpha value is -3.08. The van der Waals surface area contributed by atoms with Gasteiger partial charge in [0, 0.05) is 11.1 Å². The number of carboxylic acid groups (broad SMARTS) is 1. The number of aromatic amines is 1. The van der Waals surface area contributed by atoms with Gasteiger partial charge in [0.05, 0.1) is 23.6 Å². The first kappa shape index (κ1) is 22.1. The molecule has 32 heavy (non-hydrogen) atoms. The van der Waals surface area contributed by atoms with Gasteiger partial charge in [-0.1, -0.05) is 52.2 Å². The summed E-state index contributed by atoms with van der Waals surface area (Å²) in [5.41, 5.74) is 5.38. The fourth-order valence-electron chi connectivity index (χ4n) is 4.55. The zero-order chi connectivity index (χ0) is 22.7. The highest BCUT2D eigenvalue weighted by molar-refractivity contribution is 5.88. The highest BCUT2D eigenvalue weighted by Gasteiger charge is 2.32. The van der Waals surface area contributed by atoms with Crippen LogP contribution >= 0.6 is 0 Å². The predicted molar refractivity (Wildman–Crippen MR) is 127 cm³/mol. The Kier molecular flexibility index (Phi) is 6.35. The highest BCUT2D eigenvalue weighted by atomic mass is 16.5. The quantitative estimate of drug-likeness (QED) is 0.436. The van der Waals surface area contributed by atoms with Crippen molar-refractivity contribution in [2.45, 2.75) is 58.3 Å². The highest BCUT2D eigenvalue weighted by Crippen LogP contribution is 2.44. The minimum Gasteiger partial charge on any atom is -0.493 e. The summed E-state index contributed by atoms with van der Waals surface area (Å²) < 4.78 is 6.24. The summed E-state index contributed by atoms with van der Waals surface area (Å²) in [6, 6.07) is 15.3. The first-order valence-electron chi connectivity index (χ1n) is 11.5. The molecule has 0 bridgehead atoms. The molecule has 0 spiro atoms. The van der Waals surface area contributed by atoms with E-state index in [0.717, 1.165) is 28.3 Å². The van der Waals surface area contributed by atoms with Crippen LogP contribution in [0.5, 0.6) is 5.75 Å². The van der Waals surface area contributed by atoms with E-state index in [2.05, 4.69) is 49.2 Å². The molecule has 0 amide bonds. The van der Waals surface area contributed by atoms with Crippen molar-refractivity contribution in [2.24, 2.45) is 5.92 Å². The summed E-state index contributed by atoms with van der Waals surface area (Å²) in [5, 5.41) is 16.8. The van der Waals surface area contributed by atoms with E-state index in [1.54, 1.807) is 24.3 Å². The molecule has 1 aromatic heterocycles. The molecule has 0 atom stereocenters. The molecule has 1 fully saturated rings. The van der Waals surface area contributed by atoms with Crippen molar-refractivity contribution in [1.29, 1.82) is 0 Å². The van der Waals surface area contributed by atoms with E-state index in [9.17, 15) is 4.79 Å². The van der Waals surface area contributed by atoms with E-state index in [1.807, 2.05) is 6.07 Å². The summed E-state index contributed by atoms with van der Waals surface area (Å²) in [7, 11) is 0. The third-order valence-electron chi connectivity index (χ3n) is 6.48. The molecule has 2 aromatic carbocycles. The lowest BCUT2D eigenvalue weighted by Crippen LogP contribution is -2.26. The number of carbonyl (C=O) groups is 1. The molecule has 4 rings (SSSR count). The van der Waals surface area contributed by atoms with Crippen molar-refractivity contribution in [3.8, 4) is 28.3 Å². The lowest BCUT2D eigenvalue weighted by atomic mass is 9.70. The number of aromatic carboxylic acids is 1. The van der Waals surface area contributed by atoms with Gasteiger partial charge in [0.15, 0.2) is 0 Å². The number of H-pyrrole nitrogens is 1. The van der Waals surface area contributed by atoms with Crippen LogP contribution in [-0.2, 0) is 5.41 Å². The maximum absolute atomic E-state index is 11.1. The Balaban J connectivity index is 1.66. The molecule has 2 N–H and O–H groups in total.